The fourth-order valence-corrected chi connectivity index (χ4v) is 3.05. The molecule has 1 aromatic carbocycles. The van der Waals surface area contributed by atoms with Gasteiger partial charge in [-0.1, -0.05) is 0 Å². The van der Waals surface area contributed by atoms with Crippen molar-refractivity contribution in [3.8, 4) is 0 Å². The summed E-state index contributed by atoms with van der Waals surface area (Å²) in [6, 6.07) is 2.95. The molecule has 0 atom stereocenters. The maximum absolute atomic E-state index is 13.4. The molecule has 1 radical (unpaired) electrons. The third kappa shape index (κ3) is 3.95. The largest absolute Gasteiger partial charge is 0.343 e. The molecular weight excluding hydrogens is 398 g/mol. The van der Waals surface area contributed by atoms with Gasteiger partial charge >= 0.3 is 0 Å². The van der Waals surface area contributed by atoms with Gasteiger partial charge in [-0.2, -0.15) is 0 Å². The highest BCUT2D eigenvalue weighted by Crippen LogP contribution is 2.23. The smallest absolute Gasteiger partial charge is 0.292 e. The molecule has 0 saturated heterocycles. The zero-order valence-electron chi connectivity index (χ0n) is 16.3. The quantitative estimate of drug-likeness (QED) is 0.556. The molecule has 2 N–H and O–H groups in total. The lowest BCUT2D eigenvalue weighted by Crippen LogP contribution is -2.32. The lowest BCUT2D eigenvalue weighted by molar-refractivity contribution is -0.116. The second-order valence-corrected chi connectivity index (χ2v) is 6.51. The van der Waals surface area contributed by atoms with Gasteiger partial charge in [0.05, 0.1) is 18.3 Å². The molecule has 0 spiro atoms. The summed E-state index contributed by atoms with van der Waals surface area (Å²) in [6.45, 7) is 3.10. The zero-order chi connectivity index (χ0) is 22.0. The van der Waals surface area contributed by atoms with E-state index in [9.17, 15) is 23.2 Å². The van der Waals surface area contributed by atoms with E-state index in [1.54, 1.807) is 14.0 Å². The Hall–Kier alpha value is -3.89. The van der Waals surface area contributed by atoms with Crippen molar-refractivity contribution in [3.63, 3.8) is 0 Å². The number of amides is 2. The van der Waals surface area contributed by atoms with Crippen molar-refractivity contribution in [1.29, 1.82) is 0 Å². The lowest BCUT2D eigenvalue weighted by atomic mass is 10.0. The Bertz CT molecular complexity index is 1120. The number of benzene rings is 1. The van der Waals surface area contributed by atoms with Gasteiger partial charge in [0.1, 0.15) is 11.4 Å². The minimum absolute atomic E-state index is 0.0218. The number of ketones is 1. The first kappa shape index (κ1) is 20.8. The van der Waals surface area contributed by atoms with E-state index in [-0.39, 0.29) is 29.1 Å². The minimum atomic E-state index is -1.11. The Morgan fingerprint density at radius 1 is 1.13 bits per heavy atom. The second-order valence-electron chi connectivity index (χ2n) is 6.51. The van der Waals surface area contributed by atoms with E-state index in [4.69, 9.17) is 0 Å². The average molecular weight is 415 g/mol. The van der Waals surface area contributed by atoms with Crippen molar-refractivity contribution >= 4 is 23.3 Å². The fraction of sp³-hybridized carbons (Fsp3) is 0.211. The summed E-state index contributed by atoms with van der Waals surface area (Å²) in [5.74, 6) is -4.48. The normalized spacial score (nSPS) is 12.4. The topological polar surface area (TPSA) is 119 Å². The summed E-state index contributed by atoms with van der Waals surface area (Å²) in [4.78, 5) is 37.7. The highest BCUT2D eigenvalue weighted by Gasteiger charge is 2.28. The van der Waals surface area contributed by atoms with Crippen LogP contribution in [0.5, 0.6) is 0 Å². The summed E-state index contributed by atoms with van der Waals surface area (Å²) in [6.07, 6.45) is 1.35. The zero-order valence-corrected chi connectivity index (χ0v) is 16.3. The van der Waals surface area contributed by atoms with Gasteiger partial charge in [-0.05, 0) is 36.8 Å². The molecule has 11 heteroatoms. The third-order valence-corrected chi connectivity index (χ3v) is 4.62. The van der Waals surface area contributed by atoms with Crippen LogP contribution in [0.1, 0.15) is 32.1 Å². The second kappa shape index (κ2) is 8.23. The van der Waals surface area contributed by atoms with Gasteiger partial charge in [-0.15, -0.1) is 10.5 Å². The van der Waals surface area contributed by atoms with E-state index in [2.05, 4.69) is 26.4 Å². The number of carbonyl (C=O) groups is 3. The Kier molecular flexibility index (Phi) is 5.72. The predicted octanol–water partition coefficient (Wildman–Crippen LogP) is 2.30. The van der Waals surface area contributed by atoms with Crippen LogP contribution in [0.25, 0.3) is 0 Å². The van der Waals surface area contributed by atoms with Crippen LogP contribution in [0.2, 0.25) is 0 Å². The van der Waals surface area contributed by atoms with Gasteiger partial charge in [0, 0.05) is 24.5 Å². The SMILES string of the molecule is Cc1c(C(=O)C(=O)NCC2=C[N]N=N2)c(C)n(C)c1C(=O)Nc1ccc(F)c(F)c1. The van der Waals surface area contributed by atoms with Crippen LogP contribution >= 0.6 is 0 Å². The van der Waals surface area contributed by atoms with Gasteiger partial charge < -0.3 is 15.2 Å². The summed E-state index contributed by atoms with van der Waals surface area (Å²) >= 11 is 0. The van der Waals surface area contributed by atoms with Crippen molar-refractivity contribution < 1.29 is 23.2 Å². The van der Waals surface area contributed by atoms with Crippen LogP contribution in [0.15, 0.2) is 40.4 Å². The number of anilines is 1. The highest BCUT2D eigenvalue weighted by atomic mass is 19.2. The molecule has 1 aliphatic heterocycles. The van der Waals surface area contributed by atoms with Crippen LogP contribution in [0.4, 0.5) is 14.5 Å². The standard InChI is InChI=1S/C19H17F2N6O3/c1-9-15(17(28)19(30)22-7-12-8-23-26-25-12)10(2)27(3)16(9)18(29)24-11-4-5-13(20)14(21)6-11/h4-6,8H,7H2,1-3H3,(H,22,30)(H,24,29). The number of halogens is 2. The Balaban J connectivity index is 1.82. The van der Waals surface area contributed by atoms with E-state index in [1.165, 1.54) is 23.8 Å². The molecule has 2 heterocycles. The van der Waals surface area contributed by atoms with Crippen LogP contribution < -0.4 is 16.1 Å². The third-order valence-electron chi connectivity index (χ3n) is 4.62. The van der Waals surface area contributed by atoms with Gasteiger partial charge in [0.2, 0.25) is 0 Å². The van der Waals surface area contributed by atoms with Crippen molar-refractivity contribution in [2.75, 3.05) is 11.9 Å². The van der Waals surface area contributed by atoms with Crippen molar-refractivity contribution in [2.24, 2.45) is 17.4 Å². The van der Waals surface area contributed by atoms with Crippen LogP contribution in [-0.4, -0.2) is 28.7 Å². The van der Waals surface area contributed by atoms with Crippen LogP contribution in [-0.2, 0) is 11.8 Å². The van der Waals surface area contributed by atoms with Crippen molar-refractivity contribution in [3.05, 3.63) is 64.2 Å². The minimum Gasteiger partial charge on any atom is -0.343 e. The molecule has 2 aromatic rings. The molecule has 155 valence electrons. The van der Waals surface area contributed by atoms with Gasteiger partial charge in [-0.25, -0.2) is 8.78 Å². The number of aromatic nitrogens is 1. The lowest BCUT2D eigenvalue weighted by Gasteiger charge is -2.08. The molecule has 0 aliphatic carbocycles. The number of nitrogens with one attached hydrogen (secondary N) is 2. The molecular formula is C19H17F2N6O3. The Morgan fingerprint density at radius 2 is 1.87 bits per heavy atom. The average Bonchev–Trinajstić information content (AvgIpc) is 3.29. The van der Waals surface area contributed by atoms with Crippen LogP contribution in [0.3, 0.4) is 0 Å². The fourth-order valence-electron chi connectivity index (χ4n) is 3.05. The molecule has 0 saturated carbocycles. The van der Waals surface area contributed by atoms with Gasteiger partial charge in [0.25, 0.3) is 17.6 Å². The van der Waals surface area contributed by atoms with E-state index in [0.29, 0.717) is 11.4 Å². The molecule has 0 fully saturated rings. The van der Waals surface area contributed by atoms with Gasteiger partial charge in [-0.3, -0.25) is 14.4 Å². The number of hydrogen-bond donors (Lipinski definition) is 2. The summed E-state index contributed by atoms with van der Waals surface area (Å²) in [5, 5.41) is 11.9. The molecule has 30 heavy (non-hydrogen) atoms. The van der Waals surface area contributed by atoms with Gasteiger partial charge in [0.15, 0.2) is 11.6 Å². The summed E-state index contributed by atoms with van der Waals surface area (Å²) in [7, 11) is 1.56. The number of nitrogens with zero attached hydrogens (tertiary/aromatic N) is 4. The first-order chi connectivity index (χ1) is 14.2. The number of carbonyl (C=O) groups excluding carboxylic acids is 3. The van der Waals surface area contributed by atoms with E-state index < -0.39 is 29.2 Å². The van der Waals surface area contributed by atoms with E-state index in [1.807, 2.05) is 0 Å². The summed E-state index contributed by atoms with van der Waals surface area (Å²) in [5.41, 5.74) is 4.84. The molecule has 3 rings (SSSR count). The van der Waals surface area contributed by atoms with Crippen molar-refractivity contribution in [2.45, 2.75) is 13.8 Å². The summed E-state index contributed by atoms with van der Waals surface area (Å²) < 4.78 is 27.9. The molecule has 9 nitrogen and oxygen atoms in total. The first-order valence-electron chi connectivity index (χ1n) is 8.75. The maximum atomic E-state index is 13.4. The Labute approximate surface area is 169 Å². The molecule has 0 bridgehead atoms. The Morgan fingerprint density at radius 3 is 2.50 bits per heavy atom. The monoisotopic (exact) mass is 415 g/mol. The first-order valence-corrected chi connectivity index (χ1v) is 8.75. The predicted molar refractivity (Wildman–Crippen MR) is 102 cm³/mol. The maximum Gasteiger partial charge on any atom is 0.292 e. The van der Waals surface area contributed by atoms with E-state index in [0.717, 1.165) is 12.1 Å². The molecule has 1 aromatic heterocycles. The number of hydrogen-bond acceptors (Lipinski definition) is 5. The number of Topliss-reactive ketones (excluding diaryl/α,β-unsaturated/α-hetero) is 1. The van der Waals surface area contributed by atoms with Crippen LogP contribution in [0, 0.1) is 25.5 Å². The molecule has 1 aliphatic rings. The van der Waals surface area contributed by atoms with E-state index >= 15 is 0 Å². The molecule has 0 unspecified atom stereocenters. The highest BCUT2D eigenvalue weighted by molar-refractivity contribution is 6.43. The molecule has 2 amide bonds. The number of rotatable bonds is 6. The van der Waals surface area contributed by atoms with Crippen molar-refractivity contribution in [1.82, 2.24) is 15.3 Å².